The molecule has 2 N–H and O–H groups in total. The van der Waals surface area contributed by atoms with Gasteiger partial charge in [-0.15, -0.1) is 0 Å². The Morgan fingerprint density at radius 2 is 0.976 bits per heavy atom. The molecule has 6 nitrogen and oxygen atoms in total. The van der Waals surface area contributed by atoms with Gasteiger partial charge in [-0.1, -0.05) is 72.8 Å². The van der Waals surface area contributed by atoms with Gasteiger partial charge in [0.25, 0.3) is 0 Å². The van der Waals surface area contributed by atoms with Crippen LogP contribution in [0, 0.1) is 13.8 Å². The predicted molar refractivity (Wildman–Crippen MR) is 161 cm³/mol. The molecule has 0 radical (unpaired) electrons. The van der Waals surface area contributed by atoms with Crippen LogP contribution in [0.25, 0.3) is 44.3 Å². The van der Waals surface area contributed by atoms with Gasteiger partial charge in [0.2, 0.25) is 0 Å². The summed E-state index contributed by atoms with van der Waals surface area (Å²) in [5, 5.41) is 21.5. The number of aromatic nitrogens is 2. The smallest absolute Gasteiger partial charge is 0.336 e. The highest BCUT2D eigenvalue weighted by Crippen LogP contribution is 2.33. The van der Waals surface area contributed by atoms with Gasteiger partial charge in [0.05, 0.1) is 33.5 Å². The Morgan fingerprint density at radius 3 is 1.34 bits per heavy atom. The van der Waals surface area contributed by atoms with Crippen molar-refractivity contribution in [2.75, 3.05) is 0 Å². The molecule has 6 rings (SSSR count). The van der Waals surface area contributed by atoms with Crippen molar-refractivity contribution >= 4 is 33.7 Å². The van der Waals surface area contributed by atoms with E-state index in [0.717, 1.165) is 22.3 Å². The van der Waals surface area contributed by atoms with E-state index in [1.165, 1.54) is 0 Å². The van der Waals surface area contributed by atoms with Crippen molar-refractivity contribution in [1.29, 1.82) is 0 Å². The van der Waals surface area contributed by atoms with Crippen LogP contribution in [0.5, 0.6) is 0 Å². The molecule has 2 aromatic heterocycles. The number of carboxylic acid groups (broad SMARTS) is 2. The second kappa shape index (κ2) is 10.3. The van der Waals surface area contributed by atoms with E-state index in [-0.39, 0.29) is 11.1 Å². The van der Waals surface area contributed by atoms with Crippen LogP contribution in [0.15, 0.2) is 97.1 Å². The van der Waals surface area contributed by atoms with Crippen LogP contribution >= 0.6 is 0 Å². The standard InChI is InChI=1S/C35H26N2O4/c1-20-30(34(38)39)26-18-22(13-15-28(26)36-32(20)24-9-5-3-6-10-24)17-23-14-16-29-27(19-23)31(35(40)41)21(2)33(37-29)25-11-7-4-8-12-25/h3-16,18-19H,17H2,1-2H3,(H,38,39)(H,40,41). The summed E-state index contributed by atoms with van der Waals surface area (Å²) >= 11 is 0. The third-order valence-corrected chi connectivity index (χ3v) is 7.52. The summed E-state index contributed by atoms with van der Waals surface area (Å²) < 4.78 is 0. The van der Waals surface area contributed by atoms with Gasteiger partial charge in [-0.05, 0) is 66.8 Å². The number of carbonyl (C=O) groups is 2. The minimum absolute atomic E-state index is 0.232. The number of fused-ring (bicyclic) bond motifs is 2. The highest BCUT2D eigenvalue weighted by molar-refractivity contribution is 6.07. The molecule has 0 bridgehead atoms. The van der Waals surface area contributed by atoms with Gasteiger partial charge in [0, 0.05) is 21.9 Å². The summed E-state index contributed by atoms with van der Waals surface area (Å²) in [6.07, 6.45) is 0.489. The van der Waals surface area contributed by atoms with Crippen LogP contribution in [-0.2, 0) is 6.42 Å². The number of pyridine rings is 2. The molecule has 0 aliphatic carbocycles. The maximum absolute atomic E-state index is 12.4. The Morgan fingerprint density at radius 1 is 0.585 bits per heavy atom. The number of nitrogens with zero attached hydrogens (tertiary/aromatic N) is 2. The minimum Gasteiger partial charge on any atom is -0.478 e. The molecule has 0 atom stereocenters. The number of carboxylic acids is 2. The fraction of sp³-hybridized carbons (Fsp3) is 0.0857. The summed E-state index contributed by atoms with van der Waals surface area (Å²) in [6, 6.07) is 30.5. The van der Waals surface area contributed by atoms with Gasteiger partial charge in [-0.2, -0.15) is 0 Å². The van der Waals surface area contributed by atoms with Crippen molar-refractivity contribution in [2.24, 2.45) is 0 Å². The lowest BCUT2D eigenvalue weighted by Gasteiger charge is -2.14. The number of hydrogen-bond acceptors (Lipinski definition) is 4. The predicted octanol–water partition coefficient (Wildman–Crippen LogP) is 7.72. The average Bonchev–Trinajstić information content (AvgIpc) is 2.97. The monoisotopic (exact) mass is 538 g/mol. The molecule has 0 fully saturated rings. The summed E-state index contributed by atoms with van der Waals surface area (Å²) in [6.45, 7) is 3.58. The first kappa shape index (κ1) is 25.9. The van der Waals surface area contributed by atoms with Crippen molar-refractivity contribution < 1.29 is 19.8 Å². The minimum atomic E-state index is -1.00. The number of hydrogen-bond donors (Lipinski definition) is 2. The molecular weight excluding hydrogens is 512 g/mol. The van der Waals surface area contributed by atoms with Gasteiger partial charge in [-0.3, -0.25) is 0 Å². The van der Waals surface area contributed by atoms with Crippen molar-refractivity contribution in [3.8, 4) is 22.5 Å². The van der Waals surface area contributed by atoms with Gasteiger partial charge in [0.15, 0.2) is 0 Å². The topological polar surface area (TPSA) is 100 Å². The quantitative estimate of drug-likeness (QED) is 0.225. The Bertz CT molecular complexity index is 1840. The second-order valence-corrected chi connectivity index (χ2v) is 10.1. The zero-order valence-corrected chi connectivity index (χ0v) is 22.6. The van der Waals surface area contributed by atoms with Gasteiger partial charge in [0.1, 0.15) is 0 Å². The Labute approximate surface area is 236 Å². The second-order valence-electron chi connectivity index (χ2n) is 10.1. The normalized spacial score (nSPS) is 11.2. The van der Waals surface area contributed by atoms with E-state index in [1.807, 2.05) is 97.1 Å². The molecule has 0 amide bonds. The highest BCUT2D eigenvalue weighted by Gasteiger charge is 2.20. The van der Waals surface area contributed by atoms with E-state index in [1.54, 1.807) is 13.8 Å². The van der Waals surface area contributed by atoms with Crippen LogP contribution in [-0.4, -0.2) is 32.1 Å². The molecule has 41 heavy (non-hydrogen) atoms. The van der Waals surface area contributed by atoms with Crippen molar-refractivity contribution in [1.82, 2.24) is 9.97 Å². The van der Waals surface area contributed by atoms with E-state index < -0.39 is 11.9 Å². The van der Waals surface area contributed by atoms with Gasteiger partial charge >= 0.3 is 11.9 Å². The maximum Gasteiger partial charge on any atom is 0.336 e. The number of benzene rings is 4. The lowest BCUT2D eigenvalue weighted by atomic mass is 9.94. The molecule has 4 aromatic carbocycles. The SMILES string of the molecule is Cc1c(-c2ccccc2)nc2ccc(Cc3ccc4nc(-c5ccccc5)c(C)c(C(=O)O)c4c3)cc2c1C(=O)O. The van der Waals surface area contributed by atoms with Crippen LogP contribution in [0.3, 0.4) is 0 Å². The molecule has 0 aliphatic heterocycles. The maximum atomic E-state index is 12.4. The molecule has 200 valence electrons. The first-order chi connectivity index (χ1) is 19.8. The van der Waals surface area contributed by atoms with E-state index in [9.17, 15) is 19.8 Å². The zero-order valence-electron chi connectivity index (χ0n) is 22.6. The number of rotatable bonds is 6. The largest absolute Gasteiger partial charge is 0.478 e. The Balaban J connectivity index is 1.44. The lowest BCUT2D eigenvalue weighted by molar-refractivity contribution is 0.0687. The summed E-state index contributed by atoms with van der Waals surface area (Å²) in [4.78, 5) is 34.4. The van der Waals surface area contributed by atoms with Crippen LogP contribution in [0.4, 0.5) is 0 Å². The van der Waals surface area contributed by atoms with Gasteiger partial charge < -0.3 is 10.2 Å². The molecule has 0 saturated carbocycles. The number of aromatic carboxylic acids is 2. The fourth-order valence-corrected chi connectivity index (χ4v) is 5.57. The Kier molecular flexibility index (Phi) is 6.52. The first-order valence-corrected chi connectivity index (χ1v) is 13.3. The molecule has 0 spiro atoms. The Hall–Kier alpha value is -5.36. The first-order valence-electron chi connectivity index (χ1n) is 13.3. The lowest BCUT2D eigenvalue weighted by Crippen LogP contribution is -2.06. The van der Waals surface area contributed by atoms with E-state index in [0.29, 0.717) is 50.7 Å². The summed E-state index contributed by atoms with van der Waals surface area (Å²) in [7, 11) is 0. The third kappa shape index (κ3) is 4.70. The molecule has 6 heteroatoms. The van der Waals surface area contributed by atoms with E-state index in [4.69, 9.17) is 9.97 Å². The van der Waals surface area contributed by atoms with Gasteiger partial charge in [-0.25, -0.2) is 19.6 Å². The molecule has 0 saturated heterocycles. The molecule has 0 aliphatic rings. The fourth-order valence-electron chi connectivity index (χ4n) is 5.57. The van der Waals surface area contributed by atoms with Crippen LogP contribution in [0.1, 0.15) is 43.0 Å². The molecule has 6 aromatic rings. The highest BCUT2D eigenvalue weighted by atomic mass is 16.4. The van der Waals surface area contributed by atoms with Crippen LogP contribution in [0.2, 0.25) is 0 Å². The summed E-state index contributed by atoms with van der Waals surface area (Å²) in [5.74, 6) is -2.01. The molecular formula is C35H26N2O4. The summed E-state index contributed by atoms with van der Waals surface area (Å²) in [5.41, 5.74) is 7.73. The van der Waals surface area contributed by atoms with E-state index in [2.05, 4.69) is 0 Å². The van der Waals surface area contributed by atoms with E-state index >= 15 is 0 Å². The van der Waals surface area contributed by atoms with Crippen molar-refractivity contribution in [3.63, 3.8) is 0 Å². The van der Waals surface area contributed by atoms with Crippen molar-refractivity contribution in [3.05, 3.63) is 130 Å². The van der Waals surface area contributed by atoms with Crippen molar-refractivity contribution in [2.45, 2.75) is 20.3 Å². The third-order valence-electron chi connectivity index (χ3n) is 7.52. The zero-order chi connectivity index (χ0) is 28.7. The van der Waals surface area contributed by atoms with Crippen LogP contribution < -0.4 is 0 Å². The molecule has 0 unspecified atom stereocenters. The average molecular weight is 539 g/mol. The molecule has 2 heterocycles.